The maximum Gasteiger partial charge on any atom is 0.247 e. The highest BCUT2D eigenvalue weighted by Gasteiger charge is 2.23. The van der Waals surface area contributed by atoms with Crippen molar-refractivity contribution in [1.82, 2.24) is 5.32 Å². The number of hydrogen-bond acceptors (Lipinski definition) is 2. The minimum Gasteiger partial charge on any atom is -0.350 e. The third-order valence-corrected chi connectivity index (χ3v) is 4.76. The molecule has 0 aromatic carbocycles. The van der Waals surface area contributed by atoms with E-state index in [4.69, 9.17) is 0 Å². The van der Waals surface area contributed by atoms with Gasteiger partial charge in [0.05, 0.1) is 0 Å². The van der Waals surface area contributed by atoms with Gasteiger partial charge in [-0.1, -0.05) is 26.0 Å². The summed E-state index contributed by atoms with van der Waals surface area (Å²) in [5.74, 6) is 1.09. The Balaban J connectivity index is 1.77. The van der Waals surface area contributed by atoms with Gasteiger partial charge in [-0.3, -0.25) is 9.59 Å². The average Bonchev–Trinajstić information content (AvgIpc) is 3.01. The first-order valence-electron chi connectivity index (χ1n) is 8.70. The highest BCUT2D eigenvalue weighted by molar-refractivity contribution is 5.96. The molecule has 0 fully saturated rings. The second-order valence-corrected chi connectivity index (χ2v) is 7.12. The number of rotatable bonds is 6. The van der Waals surface area contributed by atoms with Crippen molar-refractivity contribution in [3.8, 4) is 0 Å². The number of carbonyl (C=O) groups excluding carboxylic acids is 2. The average molecular weight is 303 g/mol. The zero-order valence-corrected chi connectivity index (χ0v) is 14.2. The van der Waals surface area contributed by atoms with Crippen LogP contribution in [0.2, 0.25) is 0 Å². The Hall–Kier alpha value is -1.38. The van der Waals surface area contributed by atoms with E-state index in [0.29, 0.717) is 11.7 Å². The predicted molar refractivity (Wildman–Crippen MR) is 89.4 cm³/mol. The van der Waals surface area contributed by atoms with Gasteiger partial charge in [0.1, 0.15) is 0 Å². The smallest absolute Gasteiger partial charge is 0.247 e. The normalized spacial score (nSPS) is 23.0. The summed E-state index contributed by atoms with van der Waals surface area (Å²) in [7, 11) is 0. The van der Waals surface area contributed by atoms with E-state index in [-0.39, 0.29) is 17.9 Å². The van der Waals surface area contributed by atoms with E-state index in [2.05, 4.69) is 24.4 Å². The molecule has 3 heteroatoms. The molecule has 0 saturated carbocycles. The minimum absolute atomic E-state index is 0.0979. The van der Waals surface area contributed by atoms with Crippen LogP contribution < -0.4 is 5.32 Å². The first kappa shape index (κ1) is 17.0. The number of nitrogens with one attached hydrogen (secondary N) is 1. The van der Waals surface area contributed by atoms with Crippen molar-refractivity contribution in [2.24, 2.45) is 11.8 Å². The van der Waals surface area contributed by atoms with E-state index in [1.165, 1.54) is 0 Å². The molecule has 22 heavy (non-hydrogen) atoms. The van der Waals surface area contributed by atoms with Gasteiger partial charge in [0.2, 0.25) is 5.91 Å². The van der Waals surface area contributed by atoms with Crippen LogP contribution in [0.3, 0.4) is 0 Å². The van der Waals surface area contributed by atoms with Crippen LogP contribution in [0, 0.1) is 11.8 Å². The maximum atomic E-state index is 12.1. The fourth-order valence-corrected chi connectivity index (χ4v) is 3.45. The summed E-state index contributed by atoms with van der Waals surface area (Å²) in [4.78, 5) is 24.1. The zero-order valence-electron chi connectivity index (χ0n) is 14.2. The second-order valence-electron chi connectivity index (χ2n) is 7.12. The lowest BCUT2D eigenvalue weighted by atomic mass is 9.83. The van der Waals surface area contributed by atoms with Gasteiger partial charge >= 0.3 is 0 Å². The fourth-order valence-electron chi connectivity index (χ4n) is 3.45. The molecule has 0 aromatic rings. The quantitative estimate of drug-likeness (QED) is 0.807. The lowest BCUT2D eigenvalue weighted by Crippen LogP contribution is -2.35. The Bertz CT molecular complexity index is 488. The van der Waals surface area contributed by atoms with Crippen LogP contribution in [-0.2, 0) is 9.59 Å². The van der Waals surface area contributed by atoms with Crippen molar-refractivity contribution in [2.75, 3.05) is 0 Å². The SMILES string of the molecule is CC(CC1CC=C(C(=O)C(C)C)CC1)NC(=O)C1=CCCC1. The standard InChI is InChI=1S/C19H29NO2/c1-13(2)18(21)16-10-8-15(9-11-16)12-14(3)20-19(22)17-6-4-5-7-17/h6,10,13-15H,4-5,7-9,11-12H2,1-3H3,(H,20,22). The van der Waals surface area contributed by atoms with E-state index in [0.717, 1.165) is 56.1 Å². The van der Waals surface area contributed by atoms with Crippen LogP contribution in [0.5, 0.6) is 0 Å². The summed E-state index contributed by atoms with van der Waals surface area (Å²) < 4.78 is 0. The van der Waals surface area contributed by atoms with Crippen molar-refractivity contribution in [1.29, 1.82) is 0 Å². The molecule has 0 radical (unpaired) electrons. The summed E-state index contributed by atoms with van der Waals surface area (Å²) in [6.45, 7) is 6.01. The Morgan fingerprint density at radius 2 is 1.95 bits per heavy atom. The van der Waals surface area contributed by atoms with Crippen molar-refractivity contribution in [3.05, 3.63) is 23.3 Å². The van der Waals surface area contributed by atoms with Crippen LogP contribution in [0.1, 0.15) is 65.7 Å². The molecule has 1 N–H and O–H groups in total. The predicted octanol–water partition coefficient (Wildman–Crippen LogP) is 3.94. The third-order valence-electron chi connectivity index (χ3n) is 4.76. The minimum atomic E-state index is 0.0979. The largest absolute Gasteiger partial charge is 0.350 e. The topological polar surface area (TPSA) is 46.2 Å². The van der Waals surface area contributed by atoms with Gasteiger partial charge in [0, 0.05) is 17.5 Å². The van der Waals surface area contributed by atoms with Gasteiger partial charge in [-0.15, -0.1) is 0 Å². The van der Waals surface area contributed by atoms with Gasteiger partial charge in [-0.05, 0) is 63.4 Å². The van der Waals surface area contributed by atoms with E-state index < -0.39 is 0 Å². The molecule has 0 heterocycles. The van der Waals surface area contributed by atoms with E-state index in [1.807, 2.05) is 13.8 Å². The molecule has 122 valence electrons. The monoisotopic (exact) mass is 303 g/mol. The van der Waals surface area contributed by atoms with Crippen LogP contribution in [0.4, 0.5) is 0 Å². The third kappa shape index (κ3) is 4.56. The molecule has 2 atom stereocenters. The van der Waals surface area contributed by atoms with Gasteiger partial charge in [0.25, 0.3) is 0 Å². The molecule has 2 unspecified atom stereocenters. The summed E-state index contributed by atoms with van der Waals surface area (Å²) >= 11 is 0. The molecule has 1 amide bonds. The summed E-state index contributed by atoms with van der Waals surface area (Å²) in [5.41, 5.74) is 1.97. The fraction of sp³-hybridized carbons (Fsp3) is 0.684. The molecule has 2 aliphatic rings. The molecule has 2 aliphatic carbocycles. The van der Waals surface area contributed by atoms with Gasteiger partial charge in [-0.25, -0.2) is 0 Å². The molecule has 0 aliphatic heterocycles. The van der Waals surface area contributed by atoms with Crippen molar-refractivity contribution >= 4 is 11.7 Å². The number of ketones is 1. The Labute approximate surface area is 134 Å². The van der Waals surface area contributed by atoms with Gasteiger partial charge < -0.3 is 5.32 Å². The van der Waals surface area contributed by atoms with Crippen molar-refractivity contribution < 1.29 is 9.59 Å². The molecule has 0 bridgehead atoms. The first-order chi connectivity index (χ1) is 10.5. The van der Waals surface area contributed by atoms with Crippen molar-refractivity contribution in [2.45, 2.75) is 71.8 Å². The van der Waals surface area contributed by atoms with Gasteiger partial charge in [0.15, 0.2) is 5.78 Å². The van der Waals surface area contributed by atoms with Crippen LogP contribution in [0.25, 0.3) is 0 Å². The number of allylic oxidation sites excluding steroid dienone is 3. The summed E-state index contributed by atoms with van der Waals surface area (Å²) in [6.07, 6.45) is 11.2. The second kappa shape index (κ2) is 7.75. The van der Waals surface area contributed by atoms with E-state index in [9.17, 15) is 9.59 Å². The van der Waals surface area contributed by atoms with Crippen LogP contribution >= 0.6 is 0 Å². The molecule has 0 aromatic heterocycles. The Morgan fingerprint density at radius 3 is 2.50 bits per heavy atom. The maximum absolute atomic E-state index is 12.1. The molecule has 0 saturated heterocycles. The van der Waals surface area contributed by atoms with E-state index in [1.54, 1.807) is 0 Å². The van der Waals surface area contributed by atoms with Crippen LogP contribution in [-0.4, -0.2) is 17.7 Å². The van der Waals surface area contributed by atoms with Crippen LogP contribution in [0.15, 0.2) is 23.3 Å². The van der Waals surface area contributed by atoms with E-state index >= 15 is 0 Å². The Morgan fingerprint density at radius 1 is 1.18 bits per heavy atom. The first-order valence-corrected chi connectivity index (χ1v) is 8.70. The molecular formula is C19H29NO2. The van der Waals surface area contributed by atoms with Gasteiger partial charge in [-0.2, -0.15) is 0 Å². The molecule has 0 spiro atoms. The molecular weight excluding hydrogens is 274 g/mol. The highest BCUT2D eigenvalue weighted by atomic mass is 16.1. The Kier molecular flexibility index (Phi) is 5.98. The number of carbonyl (C=O) groups is 2. The van der Waals surface area contributed by atoms with Crippen molar-refractivity contribution in [3.63, 3.8) is 0 Å². The number of amides is 1. The highest BCUT2D eigenvalue weighted by Crippen LogP contribution is 2.29. The number of Topliss-reactive ketones (excluding diaryl/α,β-unsaturated/α-hetero) is 1. The molecule has 3 nitrogen and oxygen atoms in total. The lowest BCUT2D eigenvalue weighted by Gasteiger charge is -2.25. The molecule has 2 rings (SSSR count). The summed E-state index contributed by atoms with van der Waals surface area (Å²) in [5, 5.41) is 3.13. The lowest BCUT2D eigenvalue weighted by molar-refractivity contribution is -0.119. The summed E-state index contributed by atoms with van der Waals surface area (Å²) in [6, 6.07) is 0.203. The zero-order chi connectivity index (χ0) is 16.1. The number of hydrogen-bond donors (Lipinski definition) is 1.